The molecule has 2 saturated heterocycles. The second-order valence-electron chi connectivity index (χ2n) is 20.3. The molecule has 5 fully saturated rings. The van der Waals surface area contributed by atoms with Gasteiger partial charge in [-0.15, -0.1) is 0 Å². The van der Waals surface area contributed by atoms with Crippen molar-refractivity contribution >= 4 is 0 Å². The molecule has 0 aromatic rings. The van der Waals surface area contributed by atoms with E-state index < -0.39 is 91.1 Å². The van der Waals surface area contributed by atoms with E-state index in [4.69, 9.17) is 18.9 Å². The van der Waals surface area contributed by atoms with Gasteiger partial charge in [0.2, 0.25) is 0 Å². The average molecular weight is 781 g/mol. The van der Waals surface area contributed by atoms with E-state index >= 15 is 0 Å². The fourth-order valence-electron chi connectivity index (χ4n) is 13.0. The summed E-state index contributed by atoms with van der Waals surface area (Å²) in [5, 5.41) is 97.6. The molecule has 0 bridgehead atoms. The van der Waals surface area contributed by atoms with Crippen LogP contribution in [0.2, 0.25) is 0 Å². The van der Waals surface area contributed by atoms with Crippen LogP contribution in [-0.2, 0) is 18.9 Å². The van der Waals surface area contributed by atoms with Gasteiger partial charge in [-0.1, -0.05) is 59.3 Å². The van der Waals surface area contributed by atoms with Crippen molar-refractivity contribution in [1.29, 1.82) is 0 Å². The number of allylic oxidation sites excluding steroid dienone is 3. The largest absolute Gasteiger partial charge is 0.396 e. The van der Waals surface area contributed by atoms with Gasteiger partial charge in [0, 0.05) is 16.2 Å². The Kier molecular flexibility index (Phi) is 11.0. The summed E-state index contributed by atoms with van der Waals surface area (Å²) in [7, 11) is 0. The van der Waals surface area contributed by atoms with Crippen LogP contribution in [0.5, 0.6) is 0 Å². The maximum atomic E-state index is 12.0. The Bertz CT molecular complexity index is 1500. The zero-order valence-corrected chi connectivity index (χ0v) is 33.7. The summed E-state index contributed by atoms with van der Waals surface area (Å²) in [5.41, 5.74) is 0.476. The van der Waals surface area contributed by atoms with E-state index in [1.165, 1.54) is 11.1 Å². The Morgan fingerprint density at radius 1 is 0.745 bits per heavy atom. The number of hydrogen-bond donors (Lipinski definition) is 9. The van der Waals surface area contributed by atoms with Gasteiger partial charge in [0.25, 0.3) is 0 Å². The molecule has 7 rings (SSSR count). The van der Waals surface area contributed by atoms with E-state index in [-0.39, 0.29) is 46.7 Å². The van der Waals surface area contributed by atoms with Crippen molar-refractivity contribution in [3.8, 4) is 0 Å². The number of ether oxygens (including phenoxy) is 4. The molecule has 2 heterocycles. The van der Waals surface area contributed by atoms with Crippen LogP contribution in [0.1, 0.15) is 99.8 Å². The van der Waals surface area contributed by atoms with Crippen molar-refractivity contribution in [1.82, 2.24) is 0 Å². The maximum absolute atomic E-state index is 12.0. The molecule has 2 aliphatic heterocycles. The van der Waals surface area contributed by atoms with Crippen molar-refractivity contribution in [2.75, 3.05) is 19.8 Å². The average Bonchev–Trinajstić information content (AvgIpc) is 3.13. The predicted octanol–water partition coefficient (Wildman–Crippen LogP) is 1.68. The molecule has 55 heavy (non-hydrogen) atoms. The molecule has 0 unspecified atom stereocenters. The quantitative estimate of drug-likeness (QED) is 0.168. The van der Waals surface area contributed by atoms with Crippen molar-refractivity contribution in [3.63, 3.8) is 0 Å². The molecular formula is C42H68O13. The minimum Gasteiger partial charge on any atom is -0.396 e. The molecule has 13 nitrogen and oxygen atoms in total. The Labute approximate surface area is 325 Å². The minimum atomic E-state index is -1.73. The molecule has 0 spiro atoms. The molecule has 314 valence electrons. The molecule has 7 aliphatic rings. The van der Waals surface area contributed by atoms with Gasteiger partial charge in [0.05, 0.1) is 38.1 Å². The van der Waals surface area contributed by atoms with Gasteiger partial charge in [-0.2, -0.15) is 0 Å². The third kappa shape index (κ3) is 6.12. The standard InChI is InChI=1S/C42H68O13/c1-21-29(47)34(55-35-32(50)31(49)30(48)24(18-43)53-35)33(51)36(52-21)54-28-11-12-38(4)25(39(28,5)19-44)10-13-40(6)26(38)9-8-22-23-16-37(2,3)14-15-42(23,20-45)27(46)17-41(22,40)7/h8-9,21,24-36,43-51H,10-20H2,1-7H3/t21-,24-,25-,26-,27-,28+,29+,30-,31+,32+,33-,34+,35+,36+,38+,39+,40-,41+,42-/m1/s1. The van der Waals surface area contributed by atoms with E-state index in [1.54, 1.807) is 6.92 Å². The number of aliphatic hydroxyl groups excluding tert-OH is 9. The molecule has 5 aliphatic carbocycles. The summed E-state index contributed by atoms with van der Waals surface area (Å²) >= 11 is 0. The molecule has 0 aromatic heterocycles. The fraction of sp³-hybridized carbons (Fsp3) is 0.905. The Morgan fingerprint density at radius 2 is 1.44 bits per heavy atom. The minimum absolute atomic E-state index is 0.0212. The normalized spacial score (nSPS) is 54.9. The second kappa shape index (κ2) is 14.3. The topological polar surface area (TPSA) is 219 Å². The molecule has 3 saturated carbocycles. The van der Waals surface area contributed by atoms with Crippen LogP contribution < -0.4 is 0 Å². The fourth-order valence-corrected chi connectivity index (χ4v) is 13.0. The van der Waals surface area contributed by atoms with E-state index in [1.807, 2.05) is 6.92 Å². The van der Waals surface area contributed by atoms with Crippen LogP contribution in [0, 0.1) is 44.3 Å². The summed E-state index contributed by atoms with van der Waals surface area (Å²) in [6, 6.07) is 0. The van der Waals surface area contributed by atoms with Gasteiger partial charge < -0.3 is 64.9 Å². The van der Waals surface area contributed by atoms with Gasteiger partial charge in [-0.3, -0.25) is 0 Å². The lowest BCUT2D eigenvalue weighted by Gasteiger charge is -2.70. The molecule has 9 N–H and O–H groups in total. The van der Waals surface area contributed by atoms with Crippen molar-refractivity contribution in [2.24, 2.45) is 44.3 Å². The molecule has 13 heteroatoms. The number of hydrogen-bond acceptors (Lipinski definition) is 13. The summed E-state index contributed by atoms with van der Waals surface area (Å²) < 4.78 is 24.0. The predicted molar refractivity (Wildman–Crippen MR) is 199 cm³/mol. The van der Waals surface area contributed by atoms with Crippen LogP contribution >= 0.6 is 0 Å². The first kappa shape index (κ1) is 42.1. The molecule has 19 atom stereocenters. The summed E-state index contributed by atoms with van der Waals surface area (Å²) in [5.74, 6) is 0.154. The molecule has 0 amide bonds. The van der Waals surface area contributed by atoms with Crippen LogP contribution in [0.4, 0.5) is 0 Å². The third-order valence-corrected chi connectivity index (χ3v) is 16.8. The third-order valence-electron chi connectivity index (χ3n) is 16.8. The number of aliphatic hydroxyl groups is 9. The lowest BCUT2D eigenvalue weighted by molar-refractivity contribution is -0.367. The summed E-state index contributed by atoms with van der Waals surface area (Å²) in [6.45, 7) is 14.4. The zero-order valence-electron chi connectivity index (χ0n) is 33.7. The molecular weight excluding hydrogens is 712 g/mol. The van der Waals surface area contributed by atoms with E-state index in [2.05, 4.69) is 46.8 Å². The maximum Gasteiger partial charge on any atom is 0.187 e. The van der Waals surface area contributed by atoms with Gasteiger partial charge in [0.15, 0.2) is 12.6 Å². The number of fused-ring (bicyclic) bond motifs is 6. The van der Waals surface area contributed by atoms with E-state index in [9.17, 15) is 46.0 Å². The Hall–Kier alpha value is -1.04. The highest BCUT2D eigenvalue weighted by Crippen LogP contribution is 2.74. The van der Waals surface area contributed by atoms with Gasteiger partial charge >= 0.3 is 0 Å². The zero-order chi connectivity index (χ0) is 40.3. The first-order valence-corrected chi connectivity index (χ1v) is 20.6. The summed E-state index contributed by atoms with van der Waals surface area (Å²) in [6.07, 6.45) is -4.63. The van der Waals surface area contributed by atoms with Crippen LogP contribution in [-0.4, -0.2) is 139 Å². The smallest absolute Gasteiger partial charge is 0.187 e. The first-order valence-electron chi connectivity index (χ1n) is 20.6. The van der Waals surface area contributed by atoms with Crippen LogP contribution in [0.25, 0.3) is 0 Å². The monoisotopic (exact) mass is 780 g/mol. The highest BCUT2D eigenvalue weighted by atomic mass is 16.7. The van der Waals surface area contributed by atoms with Gasteiger partial charge in [-0.05, 0) is 91.9 Å². The van der Waals surface area contributed by atoms with E-state index in [0.29, 0.717) is 12.8 Å². The second-order valence-corrected chi connectivity index (χ2v) is 20.3. The lowest BCUT2D eigenvalue weighted by Crippen LogP contribution is -2.67. The highest BCUT2D eigenvalue weighted by Gasteiger charge is 2.69. The first-order chi connectivity index (χ1) is 25.7. The van der Waals surface area contributed by atoms with Crippen LogP contribution in [0.3, 0.4) is 0 Å². The highest BCUT2D eigenvalue weighted by molar-refractivity contribution is 5.47. The SMILES string of the molecule is C[C@H]1O[C@@H](O[C@H]2CC[C@@]3(C)[C@@H](CC[C@]4(C)[C@@H]3C=CC3=C5CC(C)(C)CC[C@]5(CO)[C@H](O)C[C@@]34C)[C@]2(C)CO)[C@H](O)[C@@H](O[C@@H]2O[C@H](CO)[C@@H](O)[C@H](O)[C@@H]2O)[C@H]1O. The van der Waals surface area contributed by atoms with Gasteiger partial charge in [0.1, 0.15) is 42.7 Å². The Balaban J connectivity index is 1.15. The van der Waals surface area contributed by atoms with E-state index in [0.717, 1.165) is 38.5 Å². The van der Waals surface area contributed by atoms with Crippen molar-refractivity contribution in [2.45, 2.75) is 173 Å². The van der Waals surface area contributed by atoms with Crippen molar-refractivity contribution < 1.29 is 64.9 Å². The Morgan fingerprint density at radius 3 is 2.09 bits per heavy atom. The van der Waals surface area contributed by atoms with Crippen LogP contribution in [0.15, 0.2) is 23.3 Å². The summed E-state index contributed by atoms with van der Waals surface area (Å²) in [4.78, 5) is 0. The van der Waals surface area contributed by atoms with Gasteiger partial charge in [-0.25, -0.2) is 0 Å². The molecule has 0 aromatic carbocycles. The van der Waals surface area contributed by atoms with Crippen molar-refractivity contribution in [3.05, 3.63) is 23.3 Å². The number of rotatable bonds is 7. The lowest BCUT2D eigenvalue weighted by atomic mass is 9.35. The molecule has 0 radical (unpaired) electrons.